The third-order valence-corrected chi connectivity index (χ3v) is 8.61. The molecule has 3 heterocycles. The summed E-state index contributed by atoms with van der Waals surface area (Å²) in [4.78, 5) is 28.5. The van der Waals surface area contributed by atoms with Gasteiger partial charge in [0.1, 0.15) is 17.7 Å². The normalized spacial score (nSPS) is 18.7. The number of carbonyl (C=O) groups is 1. The molecule has 6 rings (SSSR count). The number of rotatable bonds is 6. The number of benzene rings is 2. The van der Waals surface area contributed by atoms with E-state index in [0.717, 1.165) is 46.5 Å². The quantitative estimate of drug-likeness (QED) is 0.466. The molecule has 0 bridgehead atoms. The average molecular weight is 528 g/mol. The molecule has 2 aliphatic heterocycles. The summed E-state index contributed by atoms with van der Waals surface area (Å²) in [6, 6.07) is 12.3. The molecule has 1 saturated heterocycles. The SMILES string of the molecule is C=CC(=O)N1CCN(c2nc(O[C@@H](C)C3CCCC3)nc3c2CCN(c2cc(O)cc4ccccc24)C3)CC1. The molecule has 0 spiro atoms. The van der Waals surface area contributed by atoms with Crippen LogP contribution in [-0.2, 0) is 17.8 Å². The van der Waals surface area contributed by atoms with E-state index in [9.17, 15) is 9.90 Å². The molecule has 1 aliphatic carbocycles. The van der Waals surface area contributed by atoms with Crippen molar-refractivity contribution in [2.75, 3.05) is 42.5 Å². The minimum atomic E-state index is -0.0252. The molecule has 0 unspecified atom stereocenters. The van der Waals surface area contributed by atoms with E-state index in [0.29, 0.717) is 44.7 Å². The van der Waals surface area contributed by atoms with Gasteiger partial charge in [-0.25, -0.2) is 0 Å². The van der Waals surface area contributed by atoms with Crippen molar-refractivity contribution in [2.45, 2.75) is 51.7 Å². The number of anilines is 2. The molecule has 2 fully saturated rings. The Bertz CT molecular complexity index is 1380. The molecule has 1 N–H and O–H groups in total. The lowest BCUT2D eigenvalue weighted by atomic mass is 10.0. The summed E-state index contributed by atoms with van der Waals surface area (Å²) in [5, 5.41) is 12.6. The Kier molecular flexibility index (Phi) is 7.02. The number of piperazine rings is 1. The average Bonchev–Trinajstić information content (AvgIpc) is 3.51. The number of ether oxygens (including phenoxy) is 1. The number of fused-ring (bicyclic) bond motifs is 2. The first-order valence-electron chi connectivity index (χ1n) is 14.2. The van der Waals surface area contributed by atoms with Crippen LogP contribution in [-0.4, -0.2) is 64.7 Å². The van der Waals surface area contributed by atoms with Crippen LogP contribution in [0.5, 0.6) is 11.8 Å². The highest BCUT2D eigenvalue weighted by Crippen LogP contribution is 2.37. The Balaban J connectivity index is 1.33. The fourth-order valence-electron chi connectivity index (χ4n) is 6.40. The molecular formula is C31H37N5O3. The zero-order valence-electron chi connectivity index (χ0n) is 22.7. The summed E-state index contributed by atoms with van der Waals surface area (Å²) in [6.45, 7) is 9.88. The van der Waals surface area contributed by atoms with Gasteiger partial charge in [0, 0.05) is 55.4 Å². The van der Waals surface area contributed by atoms with E-state index in [1.807, 2.05) is 35.2 Å². The maximum atomic E-state index is 12.2. The molecule has 1 atom stereocenters. The second-order valence-corrected chi connectivity index (χ2v) is 11.0. The van der Waals surface area contributed by atoms with Crippen LogP contribution in [0.3, 0.4) is 0 Å². The van der Waals surface area contributed by atoms with Crippen molar-refractivity contribution in [3.05, 3.63) is 60.3 Å². The molecular weight excluding hydrogens is 490 g/mol. The van der Waals surface area contributed by atoms with Gasteiger partial charge in [-0.15, -0.1) is 0 Å². The highest BCUT2D eigenvalue weighted by molar-refractivity contribution is 5.95. The lowest BCUT2D eigenvalue weighted by Crippen LogP contribution is -2.49. The third kappa shape index (κ3) is 5.12. The molecule has 39 heavy (non-hydrogen) atoms. The number of carbonyl (C=O) groups excluding carboxylic acids is 1. The highest BCUT2D eigenvalue weighted by Gasteiger charge is 2.30. The zero-order chi connectivity index (χ0) is 26.9. The molecule has 3 aliphatic rings. The lowest BCUT2D eigenvalue weighted by Gasteiger charge is -2.38. The van der Waals surface area contributed by atoms with Gasteiger partial charge < -0.3 is 24.5 Å². The molecule has 1 amide bonds. The molecule has 3 aromatic rings. The number of hydrogen-bond donors (Lipinski definition) is 1. The van der Waals surface area contributed by atoms with Gasteiger partial charge in [-0.3, -0.25) is 4.79 Å². The van der Waals surface area contributed by atoms with Crippen molar-refractivity contribution < 1.29 is 14.6 Å². The fourth-order valence-corrected chi connectivity index (χ4v) is 6.40. The zero-order valence-corrected chi connectivity index (χ0v) is 22.7. The number of amides is 1. The molecule has 2 aromatic carbocycles. The van der Waals surface area contributed by atoms with Crippen molar-refractivity contribution in [1.82, 2.24) is 14.9 Å². The van der Waals surface area contributed by atoms with E-state index < -0.39 is 0 Å². The summed E-state index contributed by atoms with van der Waals surface area (Å²) in [7, 11) is 0. The molecule has 204 valence electrons. The van der Waals surface area contributed by atoms with Gasteiger partial charge in [-0.2, -0.15) is 9.97 Å². The maximum Gasteiger partial charge on any atom is 0.318 e. The number of phenolic OH excluding ortho intramolecular Hbond substituents is 1. The summed E-state index contributed by atoms with van der Waals surface area (Å²) >= 11 is 0. The van der Waals surface area contributed by atoms with Crippen molar-refractivity contribution >= 4 is 28.2 Å². The standard InChI is InChI=1S/C31H37N5O3/c1-3-29(38)34-14-16-35(17-15-34)30-26-12-13-36(28-19-24(37)18-23-10-6-7-11-25(23)28)20-27(26)32-31(33-30)39-21(2)22-8-4-5-9-22/h3,6-7,10-11,18-19,21-22,37H,1,4-5,8-9,12-17,20H2,2H3/t21-/m0/s1. The lowest BCUT2D eigenvalue weighted by molar-refractivity contribution is -0.126. The Morgan fingerprint density at radius 3 is 2.62 bits per heavy atom. The minimum Gasteiger partial charge on any atom is -0.508 e. The Labute approximate surface area is 229 Å². The molecule has 8 nitrogen and oxygen atoms in total. The first-order chi connectivity index (χ1) is 19.0. The summed E-state index contributed by atoms with van der Waals surface area (Å²) < 4.78 is 6.42. The predicted octanol–water partition coefficient (Wildman–Crippen LogP) is 4.69. The van der Waals surface area contributed by atoms with Gasteiger partial charge >= 0.3 is 6.01 Å². The van der Waals surface area contributed by atoms with Crippen LogP contribution in [0.4, 0.5) is 11.5 Å². The van der Waals surface area contributed by atoms with Gasteiger partial charge in [0.05, 0.1) is 12.2 Å². The van der Waals surface area contributed by atoms with E-state index in [1.54, 1.807) is 0 Å². The molecule has 8 heteroatoms. The summed E-state index contributed by atoms with van der Waals surface area (Å²) in [6.07, 6.45) is 7.14. The van der Waals surface area contributed by atoms with Gasteiger partial charge in [-0.1, -0.05) is 43.7 Å². The van der Waals surface area contributed by atoms with Crippen LogP contribution in [0.15, 0.2) is 49.1 Å². The Morgan fingerprint density at radius 2 is 1.85 bits per heavy atom. The van der Waals surface area contributed by atoms with Gasteiger partial charge in [0.15, 0.2) is 0 Å². The van der Waals surface area contributed by atoms with Crippen molar-refractivity contribution in [3.63, 3.8) is 0 Å². The van der Waals surface area contributed by atoms with Gasteiger partial charge in [-0.05, 0) is 49.6 Å². The van der Waals surface area contributed by atoms with Gasteiger partial charge in [0.25, 0.3) is 0 Å². The first kappa shape index (κ1) is 25.5. The van der Waals surface area contributed by atoms with E-state index in [1.165, 1.54) is 31.8 Å². The third-order valence-electron chi connectivity index (χ3n) is 8.61. The second-order valence-electron chi connectivity index (χ2n) is 11.0. The van der Waals surface area contributed by atoms with Crippen LogP contribution in [0, 0.1) is 5.92 Å². The van der Waals surface area contributed by atoms with E-state index in [-0.39, 0.29) is 17.8 Å². The number of nitrogens with zero attached hydrogens (tertiary/aromatic N) is 5. The smallest absolute Gasteiger partial charge is 0.318 e. The molecule has 1 saturated carbocycles. The van der Waals surface area contributed by atoms with Crippen LogP contribution in [0.25, 0.3) is 10.8 Å². The monoisotopic (exact) mass is 527 g/mol. The second kappa shape index (κ2) is 10.8. The number of hydrogen-bond acceptors (Lipinski definition) is 7. The van der Waals surface area contributed by atoms with Gasteiger partial charge in [0.2, 0.25) is 5.91 Å². The van der Waals surface area contributed by atoms with Crippen LogP contribution in [0.1, 0.15) is 43.9 Å². The Morgan fingerprint density at radius 1 is 1.08 bits per heavy atom. The fraction of sp³-hybridized carbons (Fsp3) is 0.452. The van der Waals surface area contributed by atoms with Crippen molar-refractivity contribution in [3.8, 4) is 11.8 Å². The van der Waals surface area contributed by atoms with Crippen LogP contribution < -0.4 is 14.5 Å². The predicted molar refractivity (Wildman–Crippen MR) is 153 cm³/mol. The van der Waals surface area contributed by atoms with E-state index >= 15 is 0 Å². The maximum absolute atomic E-state index is 12.2. The van der Waals surface area contributed by atoms with E-state index in [2.05, 4.69) is 29.4 Å². The summed E-state index contributed by atoms with van der Waals surface area (Å²) in [5.74, 6) is 1.71. The highest BCUT2D eigenvalue weighted by atomic mass is 16.5. The minimum absolute atomic E-state index is 0.0252. The van der Waals surface area contributed by atoms with E-state index in [4.69, 9.17) is 14.7 Å². The van der Waals surface area contributed by atoms with Crippen molar-refractivity contribution in [1.29, 1.82) is 0 Å². The van der Waals surface area contributed by atoms with Crippen molar-refractivity contribution in [2.24, 2.45) is 5.92 Å². The Hall–Kier alpha value is -3.81. The number of aromatic nitrogens is 2. The summed E-state index contributed by atoms with van der Waals surface area (Å²) in [5.41, 5.74) is 3.13. The number of aromatic hydroxyl groups is 1. The largest absolute Gasteiger partial charge is 0.508 e. The molecule has 1 aromatic heterocycles. The number of phenols is 1. The topological polar surface area (TPSA) is 82.0 Å². The first-order valence-corrected chi connectivity index (χ1v) is 14.2. The van der Waals surface area contributed by atoms with Crippen LogP contribution >= 0.6 is 0 Å². The molecule has 0 radical (unpaired) electrons. The van der Waals surface area contributed by atoms with Crippen LogP contribution in [0.2, 0.25) is 0 Å².